The van der Waals surface area contributed by atoms with Gasteiger partial charge in [0.05, 0.1) is 6.61 Å². The van der Waals surface area contributed by atoms with Gasteiger partial charge in [-0.25, -0.2) is 0 Å². The van der Waals surface area contributed by atoms with Crippen molar-refractivity contribution in [3.05, 3.63) is 0 Å². The molecular formula is C13H22ClNO2. The first-order valence-corrected chi connectivity index (χ1v) is 6.98. The zero-order valence-electron chi connectivity index (χ0n) is 10.7. The van der Waals surface area contributed by atoms with Gasteiger partial charge in [0.15, 0.2) is 0 Å². The van der Waals surface area contributed by atoms with Crippen molar-refractivity contribution < 1.29 is 9.53 Å². The molecule has 98 valence electrons. The Balaban J connectivity index is 2.04. The van der Waals surface area contributed by atoms with Gasteiger partial charge in [0.1, 0.15) is 5.38 Å². The van der Waals surface area contributed by atoms with Crippen molar-refractivity contribution >= 4 is 17.5 Å². The minimum Gasteiger partial charge on any atom is -0.384 e. The number of alkyl halides is 1. The Morgan fingerprint density at radius 2 is 2.41 bits per heavy atom. The normalized spacial score (nSPS) is 33.8. The third kappa shape index (κ3) is 2.32. The van der Waals surface area contributed by atoms with Gasteiger partial charge < -0.3 is 9.64 Å². The van der Waals surface area contributed by atoms with Crippen LogP contribution < -0.4 is 0 Å². The van der Waals surface area contributed by atoms with Crippen LogP contribution in [0.5, 0.6) is 0 Å². The lowest BCUT2D eigenvalue weighted by Gasteiger charge is -2.28. The number of carbonyl (C=O) groups is 1. The first-order valence-electron chi connectivity index (χ1n) is 6.55. The van der Waals surface area contributed by atoms with Crippen molar-refractivity contribution in [1.29, 1.82) is 0 Å². The molecule has 2 fully saturated rings. The second kappa shape index (κ2) is 5.15. The fraction of sp³-hybridized carbons (Fsp3) is 0.923. The fourth-order valence-corrected chi connectivity index (χ4v) is 3.62. The largest absolute Gasteiger partial charge is 0.384 e. The quantitative estimate of drug-likeness (QED) is 0.725. The number of hydrogen-bond acceptors (Lipinski definition) is 2. The second-order valence-corrected chi connectivity index (χ2v) is 6.01. The first kappa shape index (κ1) is 13.2. The van der Waals surface area contributed by atoms with Gasteiger partial charge in [-0.05, 0) is 25.2 Å². The Bertz CT molecular complexity index is 297. The molecule has 1 heterocycles. The van der Waals surface area contributed by atoms with E-state index in [9.17, 15) is 4.79 Å². The predicted molar refractivity (Wildman–Crippen MR) is 68.2 cm³/mol. The lowest BCUT2D eigenvalue weighted by molar-refractivity contribution is -0.130. The average molecular weight is 260 g/mol. The molecule has 0 unspecified atom stereocenters. The molecule has 0 bridgehead atoms. The molecule has 3 atom stereocenters. The minimum absolute atomic E-state index is 0.110. The van der Waals surface area contributed by atoms with Gasteiger partial charge in [-0.15, -0.1) is 11.6 Å². The summed E-state index contributed by atoms with van der Waals surface area (Å²) in [4.78, 5) is 14.1. The molecule has 1 saturated heterocycles. The number of rotatable bonds is 4. The number of halogens is 1. The minimum atomic E-state index is -0.353. The number of carbonyl (C=O) groups excluding carboxylic acids is 1. The van der Waals surface area contributed by atoms with Gasteiger partial charge in [-0.2, -0.15) is 0 Å². The van der Waals surface area contributed by atoms with E-state index in [1.807, 2.05) is 11.8 Å². The smallest absolute Gasteiger partial charge is 0.240 e. The lowest BCUT2D eigenvalue weighted by Crippen LogP contribution is -2.38. The number of hydrogen-bond donors (Lipinski definition) is 0. The first-order chi connectivity index (χ1) is 8.13. The molecule has 0 aromatic heterocycles. The third-order valence-electron chi connectivity index (χ3n) is 4.41. The zero-order chi connectivity index (χ0) is 12.5. The molecule has 2 rings (SSSR count). The Labute approximate surface area is 108 Å². The predicted octanol–water partition coefficient (Wildman–Crippen LogP) is 2.28. The van der Waals surface area contributed by atoms with Crippen molar-refractivity contribution in [2.45, 2.75) is 38.0 Å². The summed E-state index contributed by atoms with van der Waals surface area (Å²) in [6, 6.07) is 0. The summed E-state index contributed by atoms with van der Waals surface area (Å²) in [5, 5.41) is -0.353. The van der Waals surface area contributed by atoms with E-state index in [0.29, 0.717) is 12.3 Å². The zero-order valence-corrected chi connectivity index (χ0v) is 11.5. The van der Waals surface area contributed by atoms with E-state index in [1.165, 1.54) is 19.3 Å². The van der Waals surface area contributed by atoms with E-state index in [4.69, 9.17) is 16.3 Å². The van der Waals surface area contributed by atoms with Crippen LogP contribution in [0.25, 0.3) is 0 Å². The highest BCUT2D eigenvalue weighted by atomic mass is 35.5. The summed E-state index contributed by atoms with van der Waals surface area (Å²) in [5.41, 5.74) is 0.217. The maximum absolute atomic E-state index is 12.1. The van der Waals surface area contributed by atoms with Crippen LogP contribution in [0.3, 0.4) is 0 Å². The summed E-state index contributed by atoms with van der Waals surface area (Å²) < 4.78 is 5.37. The number of amides is 1. The summed E-state index contributed by atoms with van der Waals surface area (Å²) in [5.74, 6) is 0.728. The van der Waals surface area contributed by atoms with Crippen LogP contribution in [0.2, 0.25) is 0 Å². The van der Waals surface area contributed by atoms with E-state index >= 15 is 0 Å². The van der Waals surface area contributed by atoms with Gasteiger partial charge in [-0.1, -0.05) is 13.3 Å². The number of nitrogens with zero attached hydrogens (tertiary/aromatic N) is 1. The van der Waals surface area contributed by atoms with Crippen LogP contribution in [0.4, 0.5) is 0 Å². The number of ether oxygens (including phenoxy) is 1. The van der Waals surface area contributed by atoms with Crippen molar-refractivity contribution in [3.63, 3.8) is 0 Å². The highest BCUT2D eigenvalue weighted by Crippen LogP contribution is 2.48. The standard InChI is InChI=1S/C13H22ClNO2/c1-3-11(14)12(16)15-7-10-5-4-6-13(10,8-15)9-17-2/h10-11H,3-9H2,1-2H3/t10-,11-,13-/m0/s1. The Morgan fingerprint density at radius 1 is 1.65 bits per heavy atom. The van der Waals surface area contributed by atoms with Crippen LogP contribution in [-0.2, 0) is 9.53 Å². The maximum atomic E-state index is 12.1. The molecule has 0 spiro atoms. The van der Waals surface area contributed by atoms with Crippen molar-refractivity contribution in [2.24, 2.45) is 11.3 Å². The molecule has 1 aliphatic heterocycles. The third-order valence-corrected chi connectivity index (χ3v) is 4.90. The Morgan fingerprint density at radius 3 is 3.06 bits per heavy atom. The van der Waals surface area contributed by atoms with Gasteiger partial charge in [0, 0.05) is 25.6 Å². The maximum Gasteiger partial charge on any atom is 0.240 e. The van der Waals surface area contributed by atoms with Gasteiger partial charge in [0.2, 0.25) is 5.91 Å². The average Bonchev–Trinajstić information content (AvgIpc) is 2.83. The molecule has 1 saturated carbocycles. The van der Waals surface area contributed by atoms with Crippen LogP contribution in [-0.4, -0.2) is 43.0 Å². The van der Waals surface area contributed by atoms with Gasteiger partial charge >= 0.3 is 0 Å². The fourth-order valence-electron chi connectivity index (χ4n) is 3.48. The molecule has 0 N–H and O–H groups in total. The van der Waals surface area contributed by atoms with E-state index < -0.39 is 0 Å². The second-order valence-electron chi connectivity index (χ2n) is 5.48. The SMILES string of the molecule is CC[C@H](Cl)C(=O)N1C[C@@H]2CCC[C@@]2(COC)C1. The molecule has 17 heavy (non-hydrogen) atoms. The number of likely N-dealkylation sites (tertiary alicyclic amines) is 1. The summed E-state index contributed by atoms with van der Waals surface area (Å²) in [7, 11) is 1.75. The lowest BCUT2D eigenvalue weighted by atomic mass is 9.82. The van der Waals surface area contributed by atoms with E-state index in [0.717, 1.165) is 19.7 Å². The van der Waals surface area contributed by atoms with E-state index in [-0.39, 0.29) is 16.7 Å². The Hall–Kier alpha value is -0.280. The molecular weight excluding hydrogens is 238 g/mol. The summed E-state index contributed by atoms with van der Waals surface area (Å²) in [6.07, 6.45) is 4.40. The molecule has 4 heteroatoms. The highest BCUT2D eigenvalue weighted by Gasteiger charge is 2.50. The molecule has 0 radical (unpaired) electrons. The number of fused-ring (bicyclic) bond motifs is 1. The van der Waals surface area contributed by atoms with Crippen LogP contribution in [0.15, 0.2) is 0 Å². The van der Waals surface area contributed by atoms with E-state index in [2.05, 4.69) is 0 Å². The molecule has 0 aromatic carbocycles. The molecule has 1 aliphatic carbocycles. The molecule has 2 aliphatic rings. The van der Waals surface area contributed by atoms with Crippen LogP contribution in [0.1, 0.15) is 32.6 Å². The highest BCUT2D eigenvalue weighted by molar-refractivity contribution is 6.30. The number of methoxy groups -OCH3 is 1. The summed E-state index contributed by atoms with van der Waals surface area (Å²) in [6.45, 7) is 4.46. The monoisotopic (exact) mass is 259 g/mol. The summed E-state index contributed by atoms with van der Waals surface area (Å²) >= 11 is 6.05. The molecule has 0 aromatic rings. The van der Waals surface area contributed by atoms with Gasteiger partial charge in [0.25, 0.3) is 0 Å². The topological polar surface area (TPSA) is 29.5 Å². The molecule has 3 nitrogen and oxygen atoms in total. The Kier molecular flexibility index (Phi) is 3.99. The van der Waals surface area contributed by atoms with E-state index in [1.54, 1.807) is 7.11 Å². The van der Waals surface area contributed by atoms with Crippen molar-refractivity contribution in [3.8, 4) is 0 Å². The molecule has 1 amide bonds. The van der Waals surface area contributed by atoms with Crippen LogP contribution in [0, 0.1) is 11.3 Å². The van der Waals surface area contributed by atoms with Crippen molar-refractivity contribution in [1.82, 2.24) is 4.90 Å². The van der Waals surface area contributed by atoms with Crippen molar-refractivity contribution in [2.75, 3.05) is 26.8 Å². The van der Waals surface area contributed by atoms with Gasteiger partial charge in [-0.3, -0.25) is 4.79 Å². The van der Waals surface area contributed by atoms with Crippen LogP contribution >= 0.6 is 11.6 Å².